The lowest BCUT2D eigenvalue weighted by Crippen LogP contribution is -2.15. The molecule has 17 heavy (non-hydrogen) atoms. The van der Waals surface area contributed by atoms with Crippen LogP contribution in [0.5, 0.6) is 5.75 Å². The molecule has 2 rings (SSSR count). The van der Waals surface area contributed by atoms with E-state index in [1.807, 2.05) is 18.2 Å². The number of hydrogen-bond acceptors (Lipinski definition) is 6. The number of oxime groups is 2. The second-order valence-electron chi connectivity index (χ2n) is 3.17. The highest BCUT2D eigenvalue weighted by molar-refractivity contribution is 6.48. The van der Waals surface area contributed by atoms with Crippen molar-refractivity contribution in [3.8, 4) is 5.75 Å². The third kappa shape index (κ3) is 2.36. The molecule has 0 spiro atoms. The molecular weight excluding hydrogens is 224 g/mol. The predicted octanol–water partition coefficient (Wildman–Crippen LogP) is 0.752. The number of ether oxygens (including phenoxy) is 1. The first-order valence-electron chi connectivity index (χ1n) is 5.06. The summed E-state index contributed by atoms with van der Waals surface area (Å²) in [6, 6.07) is 7.36. The highest BCUT2D eigenvalue weighted by atomic mass is 16.7. The molecule has 90 valence electrons. The Morgan fingerprint density at radius 3 is 2.88 bits per heavy atom. The van der Waals surface area contributed by atoms with E-state index < -0.39 is 0 Å². The minimum atomic E-state index is -0.111. The van der Waals surface area contributed by atoms with Crippen LogP contribution in [0.25, 0.3) is 0 Å². The Kier molecular flexibility index (Phi) is 3.56. The maximum absolute atomic E-state index is 8.59. The third-order valence-corrected chi connectivity index (χ3v) is 2.06. The zero-order valence-electron chi connectivity index (χ0n) is 9.29. The zero-order valence-corrected chi connectivity index (χ0v) is 9.29. The SMILES string of the molecule is CON=C1/C(=N/OCCO)Oc2ccccc21. The number of hydrogen-bond donors (Lipinski definition) is 1. The smallest absolute Gasteiger partial charge is 0.286 e. The fourth-order valence-electron chi connectivity index (χ4n) is 1.41. The lowest BCUT2D eigenvalue weighted by molar-refractivity contribution is 0.0960. The van der Waals surface area contributed by atoms with Crippen LogP contribution < -0.4 is 4.74 Å². The van der Waals surface area contributed by atoms with Gasteiger partial charge >= 0.3 is 0 Å². The van der Waals surface area contributed by atoms with Crippen LogP contribution in [0.4, 0.5) is 0 Å². The Morgan fingerprint density at radius 2 is 2.12 bits per heavy atom. The highest BCUT2D eigenvalue weighted by Crippen LogP contribution is 2.26. The minimum absolute atomic E-state index is 0.101. The van der Waals surface area contributed by atoms with Crippen molar-refractivity contribution in [3.63, 3.8) is 0 Å². The highest BCUT2D eigenvalue weighted by Gasteiger charge is 2.28. The molecule has 0 unspecified atom stereocenters. The lowest BCUT2D eigenvalue weighted by atomic mass is 10.1. The molecule has 0 bridgehead atoms. The van der Waals surface area contributed by atoms with Crippen molar-refractivity contribution in [2.75, 3.05) is 20.3 Å². The summed E-state index contributed by atoms with van der Waals surface area (Å²) in [5.41, 5.74) is 1.27. The van der Waals surface area contributed by atoms with Crippen molar-refractivity contribution in [1.82, 2.24) is 0 Å². The van der Waals surface area contributed by atoms with E-state index in [1.165, 1.54) is 7.11 Å². The molecule has 6 heteroatoms. The van der Waals surface area contributed by atoms with Crippen molar-refractivity contribution >= 4 is 11.6 Å². The third-order valence-electron chi connectivity index (χ3n) is 2.06. The molecule has 1 aromatic carbocycles. The molecule has 0 saturated heterocycles. The van der Waals surface area contributed by atoms with Gasteiger partial charge in [0.15, 0.2) is 5.71 Å². The first-order chi connectivity index (χ1) is 8.36. The predicted molar refractivity (Wildman–Crippen MR) is 61.1 cm³/mol. The molecule has 1 aliphatic heterocycles. The molecule has 1 heterocycles. The fourth-order valence-corrected chi connectivity index (χ4v) is 1.41. The molecule has 1 aliphatic rings. The summed E-state index contributed by atoms with van der Waals surface area (Å²) >= 11 is 0. The maximum Gasteiger partial charge on any atom is 0.286 e. The molecule has 0 saturated carbocycles. The van der Waals surface area contributed by atoms with Crippen molar-refractivity contribution in [3.05, 3.63) is 29.8 Å². The summed E-state index contributed by atoms with van der Waals surface area (Å²) in [4.78, 5) is 9.59. The molecule has 0 fully saturated rings. The number of benzene rings is 1. The van der Waals surface area contributed by atoms with E-state index in [1.54, 1.807) is 6.07 Å². The largest absolute Gasteiger partial charge is 0.434 e. The van der Waals surface area contributed by atoms with E-state index in [0.29, 0.717) is 11.5 Å². The standard InChI is InChI=1S/C11H12N2O4/c1-15-12-10-8-4-2-3-5-9(8)17-11(10)13-16-7-6-14/h2-5,14H,6-7H2,1H3/b12-10?,13-11-. The second kappa shape index (κ2) is 5.31. The Bertz CT molecular complexity index is 457. The monoisotopic (exact) mass is 236 g/mol. The average Bonchev–Trinajstić information content (AvgIpc) is 2.69. The summed E-state index contributed by atoms with van der Waals surface area (Å²) in [6.45, 7) is -0.00997. The Balaban J connectivity index is 2.27. The minimum Gasteiger partial charge on any atom is -0.434 e. The van der Waals surface area contributed by atoms with Crippen LogP contribution in [0.1, 0.15) is 5.56 Å². The van der Waals surface area contributed by atoms with Gasteiger partial charge in [-0.05, 0) is 17.3 Å². The van der Waals surface area contributed by atoms with Crippen LogP contribution in [0.3, 0.4) is 0 Å². The Hall–Kier alpha value is -2.08. The van der Waals surface area contributed by atoms with Gasteiger partial charge in [0.1, 0.15) is 19.5 Å². The van der Waals surface area contributed by atoms with Gasteiger partial charge in [0.2, 0.25) is 0 Å². The Labute approximate surface area is 98.1 Å². The van der Waals surface area contributed by atoms with Gasteiger partial charge in [-0.3, -0.25) is 0 Å². The first kappa shape index (κ1) is 11.4. The van der Waals surface area contributed by atoms with Crippen molar-refractivity contribution in [2.24, 2.45) is 10.3 Å². The summed E-state index contributed by atoms with van der Waals surface area (Å²) in [5.74, 6) is 0.871. The number of fused-ring (bicyclic) bond motifs is 1. The summed E-state index contributed by atoms with van der Waals surface area (Å²) < 4.78 is 5.45. The van der Waals surface area contributed by atoms with Crippen LogP contribution in [0.15, 0.2) is 34.6 Å². The maximum atomic E-state index is 8.59. The van der Waals surface area contributed by atoms with Crippen LogP contribution >= 0.6 is 0 Å². The number of nitrogens with zero attached hydrogens (tertiary/aromatic N) is 2. The molecule has 0 aromatic heterocycles. The zero-order chi connectivity index (χ0) is 12.1. The second-order valence-corrected chi connectivity index (χ2v) is 3.17. The summed E-state index contributed by atoms with van der Waals surface area (Å²) in [7, 11) is 1.44. The van der Waals surface area contributed by atoms with Gasteiger partial charge in [-0.15, -0.1) is 0 Å². The quantitative estimate of drug-likeness (QED) is 0.618. The van der Waals surface area contributed by atoms with Gasteiger partial charge in [0.25, 0.3) is 5.90 Å². The van der Waals surface area contributed by atoms with E-state index in [0.717, 1.165) is 5.56 Å². The van der Waals surface area contributed by atoms with E-state index in [-0.39, 0.29) is 19.1 Å². The van der Waals surface area contributed by atoms with Gasteiger partial charge in [-0.25, -0.2) is 0 Å². The van der Waals surface area contributed by atoms with Crippen LogP contribution in [0, 0.1) is 0 Å². The number of rotatable bonds is 4. The number of aliphatic hydroxyl groups excluding tert-OH is 1. The van der Waals surface area contributed by atoms with Gasteiger partial charge in [-0.2, -0.15) is 0 Å². The van der Waals surface area contributed by atoms with E-state index in [4.69, 9.17) is 19.5 Å². The molecular formula is C11H12N2O4. The van der Waals surface area contributed by atoms with Crippen molar-refractivity contribution < 1.29 is 19.5 Å². The number of para-hydroxylation sites is 1. The van der Waals surface area contributed by atoms with Crippen LogP contribution in [0.2, 0.25) is 0 Å². The van der Waals surface area contributed by atoms with E-state index >= 15 is 0 Å². The van der Waals surface area contributed by atoms with Crippen molar-refractivity contribution in [2.45, 2.75) is 0 Å². The summed E-state index contributed by atoms with van der Waals surface area (Å²) in [6.07, 6.45) is 0. The van der Waals surface area contributed by atoms with Gasteiger partial charge in [0, 0.05) is 0 Å². The van der Waals surface area contributed by atoms with Gasteiger partial charge in [-0.1, -0.05) is 17.3 Å². The normalized spacial score (nSPS) is 18.0. The molecule has 0 radical (unpaired) electrons. The molecule has 6 nitrogen and oxygen atoms in total. The molecule has 0 aliphatic carbocycles. The molecule has 1 N–H and O–H groups in total. The van der Waals surface area contributed by atoms with Crippen LogP contribution in [-0.4, -0.2) is 37.0 Å². The fraction of sp³-hybridized carbons (Fsp3) is 0.273. The Morgan fingerprint density at radius 1 is 1.29 bits per heavy atom. The topological polar surface area (TPSA) is 72.6 Å². The first-order valence-corrected chi connectivity index (χ1v) is 5.06. The van der Waals surface area contributed by atoms with Crippen molar-refractivity contribution in [1.29, 1.82) is 0 Å². The summed E-state index contributed by atoms with van der Waals surface area (Å²) in [5, 5.41) is 16.2. The van der Waals surface area contributed by atoms with E-state index in [9.17, 15) is 0 Å². The molecule has 0 amide bonds. The van der Waals surface area contributed by atoms with Gasteiger partial charge < -0.3 is 19.5 Å². The van der Waals surface area contributed by atoms with Crippen LogP contribution in [-0.2, 0) is 9.68 Å². The number of aliphatic hydroxyl groups is 1. The van der Waals surface area contributed by atoms with Gasteiger partial charge in [0.05, 0.1) is 12.2 Å². The molecule has 0 atom stereocenters. The average molecular weight is 236 g/mol. The lowest BCUT2D eigenvalue weighted by Gasteiger charge is -1.98. The molecule has 1 aromatic rings. The van der Waals surface area contributed by atoms with E-state index in [2.05, 4.69) is 10.3 Å².